The van der Waals surface area contributed by atoms with Gasteiger partial charge in [0.2, 0.25) is 0 Å². The summed E-state index contributed by atoms with van der Waals surface area (Å²) in [5.41, 5.74) is 3.89. The van der Waals surface area contributed by atoms with Gasteiger partial charge in [-0.1, -0.05) is 18.6 Å². The Morgan fingerprint density at radius 3 is 2.73 bits per heavy atom. The highest BCUT2D eigenvalue weighted by Gasteiger charge is 2.26. The number of carbonyl (C=O) groups is 2. The van der Waals surface area contributed by atoms with E-state index in [1.807, 2.05) is 0 Å². The Labute approximate surface area is 181 Å². The zero-order valence-electron chi connectivity index (χ0n) is 17.4. The average molecular weight is 428 g/mol. The van der Waals surface area contributed by atoms with Crippen LogP contribution in [-0.4, -0.2) is 54.9 Å². The molecule has 160 valence electrons. The minimum Gasteiger partial charge on any atom is -0.374 e. The van der Waals surface area contributed by atoms with E-state index in [1.165, 1.54) is 47.4 Å². The largest absolute Gasteiger partial charge is 0.374 e. The fourth-order valence-electron chi connectivity index (χ4n) is 4.41. The third-order valence-electron chi connectivity index (χ3n) is 5.99. The molecule has 1 saturated heterocycles. The maximum absolute atomic E-state index is 12.4. The van der Waals surface area contributed by atoms with Crippen LogP contribution in [0.15, 0.2) is 29.8 Å². The van der Waals surface area contributed by atoms with E-state index in [0.29, 0.717) is 11.7 Å². The van der Waals surface area contributed by atoms with Crippen molar-refractivity contribution >= 4 is 34.0 Å². The van der Waals surface area contributed by atoms with E-state index in [2.05, 4.69) is 50.7 Å². The lowest BCUT2D eigenvalue weighted by molar-refractivity contribution is -0.136. The number of fused-ring (bicyclic) bond motifs is 1. The third-order valence-corrected chi connectivity index (χ3v) is 6.67. The lowest BCUT2D eigenvalue weighted by Gasteiger charge is -2.36. The van der Waals surface area contributed by atoms with Crippen LogP contribution in [0, 0.1) is 0 Å². The second-order valence-electron chi connectivity index (χ2n) is 8.03. The van der Waals surface area contributed by atoms with Crippen LogP contribution in [0.5, 0.6) is 0 Å². The number of piperidine rings is 1. The van der Waals surface area contributed by atoms with Crippen LogP contribution in [0.25, 0.3) is 0 Å². The average Bonchev–Trinajstić information content (AvgIpc) is 3.27. The molecule has 1 fully saturated rings. The first-order valence-electron chi connectivity index (χ1n) is 10.7. The Morgan fingerprint density at radius 2 is 1.97 bits per heavy atom. The number of amides is 2. The van der Waals surface area contributed by atoms with Crippen molar-refractivity contribution in [1.29, 1.82) is 0 Å². The molecule has 0 bridgehead atoms. The second kappa shape index (κ2) is 9.57. The van der Waals surface area contributed by atoms with Crippen molar-refractivity contribution in [2.24, 2.45) is 0 Å². The van der Waals surface area contributed by atoms with E-state index >= 15 is 0 Å². The highest BCUT2D eigenvalue weighted by molar-refractivity contribution is 7.13. The van der Waals surface area contributed by atoms with Crippen molar-refractivity contribution in [2.45, 2.75) is 38.1 Å². The van der Waals surface area contributed by atoms with Crippen molar-refractivity contribution in [2.75, 3.05) is 43.4 Å². The van der Waals surface area contributed by atoms with Gasteiger partial charge < -0.3 is 10.2 Å². The van der Waals surface area contributed by atoms with Gasteiger partial charge in [0.15, 0.2) is 5.13 Å². The molecule has 8 heteroatoms. The van der Waals surface area contributed by atoms with E-state index < -0.39 is 11.8 Å². The first kappa shape index (κ1) is 20.8. The van der Waals surface area contributed by atoms with E-state index in [9.17, 15) is 9.59 Å². The Hall–Kier alpha value is -2.45. The number of carbonyl (C=O) groups excluding carboxylic acids is 2. The molecule has 2 amide bonds. The van der Waals surface area contributed by atoms with Crippen LogP contribution < -0.4 is 15.5 Å². The number of hydrogen-bond acceptors (Lipinski definition) is 6. The van der Waals surface area contributed by atoms with E-state index in [0.717, 1.165) is 32.5 Å². The summed E-state index contributed by atoms with van der Waals surface area (Å²) in [6.07, 6.45) is 7.43. The third kappa shape index (κ3) is 4.82. The maximum atomic E-state index is 12.4. The summed E-state index contributed by atoms with van der Waals surface area (Å²) in [5, 5.41) is 7.59. The number of benzene rings is 1. The van der Waals surface area contributed by atoms with Crippen molar-refractivity contribution in [3.8, 4) is 0 Å². The van der Waals surface area contributed by atoms with Gasteiger partial charge in [-0.2, -0.15) is 0 Å². The van der Waals surface area contributed by atoms with Crippen LogP contribution in [0.3, 0.4) is 0 Å². The number of likely N-dealkylation sites (tertiary alicyclic amines) is 1. The molecule has 1 unspecified atom stereocenters. The van der Waals surface area contributed by atoms with Crippen LogP contribution >= 0.6 is 11.3 Å². The molecule has 30 heavy (non-hydrogen) atoms. The van der Waals surface area contributed by atoms with E-state index in [4.69, 9.17) is 0 Å². The van der Waals surface area contributed by atoms with Crippen LogP contribution in [0.2, 0.25) is 0 Å². The van der Waals surface area contributed by atoms with Gasteiger partial charge in [-0.05, 0) is 56.0 Å². The van der Waals surface area contributed by atoms with Gasteiger partial charge in [-0.25, -0.2) is 4.98 Å². The normalized spacial score (nSPS) is 17.8. The SMILES string of the molecule is CN1CCCc2cc(C(CNC(=O)C(=O)Nc3nccs3)N3CCCCC3)ccc21. The molecule has 2 aliphatic rings. The molecule has 3 heterocycles. The Morgan fingerprint density at radius 1 is 1.13 bits per heavy atom. The molecule has 4 rings (SSSR count). The summed E-state index contributed by atoms with van der Waals surface area (Å²) in [7, 11) is 2.14. The first-order chi connectivity index (χ1) is 14.6. The van der Waals surface area contributed by atoms with Gasteiger partial charge in [0.25, 0.3) is 0 Å². The minimum absolute atomic E-state index is 0.0689. The number of hydrogen-bond donors (Lipinski definition) is 2. The number of anilines is 2. The predicted molar refractivity (Wildman–Crippen MR) is 120 cm³/mol. The van der Waals surface area contributed by atoms with Crippen molar-refractivity contribution in [3.05, 3.63) is 40.9 Å². The highest BCUT2D eigenvalue weighted by Crippen LogP contribution is 2.31. The van der Waals surface area contributed by atoms with Gasteiger partial charge in [0.05, 0.1) is 6.04 Å². The number of aromatic nitrogens is 1. The van der Waals surface area contributed by atoms with Crippen molar-refractivity contribution in [1.82, 2.24) is 15.2 Å². The van der Waals surface area contributed by atoms with Gasteiger partial charge in [0.1, 0.15) is 0 Å². The second-order valence-corrected chi connectivity index (χ2v) is 8.92. The molecular formula is C22H29N5O2S. The minimum atomic E-state index is -0.672. The molecule has 0 aliphatic carbocycles. The Balaban J connectivity index is 1.47. The number of nitrogens with one attached hydrogen (secondary N) is 2. The zero-order valence-corrected chi connectivity index (χ0v) is 18.2. The Bertz CT molecular complexity index is 880. The molecule has 0 saturated carbocycles. The molecule has 2 N–H and O–H groups in total. The maximum Gasteiger partial charge on any atom is 0.315 e. The highest BCUT2D eigenvalue weighted by atomic mass is 32.1. The monoisotopic (exact) mass is 427 g/mol. The number of rotatable bonds is 5. The first-order valence-corrected chi connectivity index (χ1v) is 11.6. The van der Waals surface area contributed by atoms with Gasteiger partial charge in [-0.15, -0.1) is 11.3 Å². The smallest absolute Gasteiger partial charge is 0.315 e. The molecular weight excluding hydrogens is 398 g/mol. The van der Waals surface area contributed by atoms with Gasteiger partial charge in [-0.3, -0.25) is 19.8 Å². The lowest BCUT2D eigenvalue weighted by atomic mass is 9.95. The summed E-state index contributed by atoms with van der Waals surface area (Å²) < 4.78 is 0. The lowest BCUT2D eigenvalue weighted by Crippen LogP contribution is -2.43. The van der Waals surface area contributed by atoms with E-state index in [-0.39, 0.29) is 6.04 Å². The van der Waals surface area contributed by atoms with Crippen LogP contribution in [0.4, 0.5) is 10.8 Å². The number of nitrogens with zero attached hydrogens (tertiary/aromatic N) is 3. The predicted octanol–water partition coefficient (Wildman–Crippen LogP) is 2.81. The van der Waals surface area contributed by atoms with Crippen LogP contribution in [0.1, 0.15) is 42.9 Å². The summed E-state index contributed by atoms with van der Waals surface area (Å²) in [6, 6.07) is 6.75. The topological polar surface area (TPSA) is 77.6 Å². The summed E-state index contributed by atoms with van der Waals surface area (Å²) in [4.78, 5) is 33.3. The van der Waals surface area contributed by atoms with Crippen LogP contribution in [-0.2, 0) is 16.0 Å². The van der Waals surface area contributed by atoms with Gasteiger partial charge >= 0.3 is 11.8 Å². The molecule has 1 aromatic heterocycles. The molecule has 1 aromatic carbocycles. The molecule has 7 nitrogen and oxygen atoms in total. The fourth-order valence-corrected chi connectivity index (χ4v) is 4.93. The van der Waals surface area contributed by atoms with Gasteiger partial charge in [0, 0.05) is 37.4 Å². The van der Waals surface area contributed by atoms with E-state index in [1.54, 1.807) is 11.6 Å². The number of aryl methyl sites for hydroxylation is 1. The standard InChI is InChI=1S/C22H29N5O2S/c1-26-10-5-6-16-14-17(7-8-18(16)26)19(27-11-3-2-4-12-27)15-24-20(28)21(29)25-22-23-9-13-30-22/h7-9,13-14,19H,2-6,10-12,15H2,1H3,(H,24,28)(H,23,25,29). The molecule has 2 aromatic rings. The van der Waals surface area contributed by atoms with Crippen molar-refractivity contribution in [3.63, 3.8) is 0 Å². The quantitative estimate of drug-likeness (QED) is 0.718. The summed E-state index contributed by atoms with van der Waals surface area (Å²) in [5.74, 6) is -1.29. The Kier molecular flexibility index (Phi) is 6.64. The number of thiazole rings is 1. The molecule has 2 aliphatic heterocycles. The zero-order chi connectivity index (χ0) is 20.9. The molecule has 0 radical (unpaired) electrons. The fraction of sp³-hybridized carbons (Fsp3) is 0.500. The summed E-state index contributed by atoms with van der Waals surface area (Å²) >= 11 is 1.29. The van der Waals surface area contributed by atoms with Crippen molar-refractivity contribution < 1.29 is 9.59 Å². The molecule has 0 spiro atoms. The summed E-state index contributed by atoms with van der Waals surface area (Å²) in [6.45, 7) is 3.54. The molecule has 1 atom stereocenters.